The van der Waals surface area contributed by atoms with Gasteiger partial charge in [-0.3, -0.25) is 9.59 Å². The van der Waals surface area contributed by atoms with Gasteiger partial charge in [-0.2, -0.15) is 4.31 Å². The quantitative estimate of drug-likeness (QED) is 0.692. The molecule has 0 aromatic heterocycles. The maximum absolute atomic E-state index is 13.2. The summed E-state index contributed by atoms with van der Waals surface area (Å²) in [6, 6.07) is 15.7. The van der Waals surface area contributed by atoms with Gasteiger partial charge in [-0.1, -0.05) is 62.4 Å². The van der Waals surface area contributed by atoms with Gasteiger partial charge in [-0.15, -0.1) is 0 Å². The van der Waals surface area contributed by atoms with E-state index in [2.05, 4.69) is 5.32 Å². The lowest BCUT2D eigenvalue weighted by molar-refractivity contribution is -0.135. The first-order valence-corrected chi connectivity index (χ1v) is 12.5. The molecule has 0 bridgehead atoms. The number of amides is 2. The van der Waals surface area contributed by atoms with Crippen LogP contribution in [0.3, 0.4) is 0 Å². The maximum atomic E-state index is 13.2. The Morgan fingerprint density at radius 1 is 0.938 bits per heavy atom. The summed E-state index contributed by atoms with van der Waals surface area (Å²) in [5.41, 5.74) is 2.13. The highest BCUT2D eigenvalue weighted by Gasteiger charge is 2.33. The van der Waals surface area contributed by atoms with E-state index in [1.165, 1.54) is 4.31 Å². The summed E-state index contributed by atoms with van der Waals surface area (Å²) in [6.45, 7) is 6.74. The maximum Gasteiger partial charge on any atom is 0.252 e. The van der Waals surface area contributed by atoms with Crippen molar-refractivity contribution in [2.75, 3.05) is 26.2 Å². The molecule has 0 saturated carbocycles. The van der Waals surface area contributed by atoms with E-state index in [1.54, 1.807) is 29.2 Å². The Morgan fingerprint density at radius 2 is 1.53 bits per heavy atom. The molecule has 1 saturated heterocycles. The van der Waals surface area contributed by atoms with Crippen molar-refractivity contribution >= 4 is 21.8 Å². The molecule has 1 heterocycles. The number of aryl methyl sites for hydroxylation is 1. The van der Waals surface area contributed by atoms with Crippen LogP contribution in [0.4, 0.5) is 0 Å². The number of carbonyl (C=O) groups excluding carboxylic acids is 2. The predicted octanol–water partition coefficient (Wildman–Crippen LogP) is 2.42. The van der Waals surface area contributed by atoms with Gasteiger partial charge in [0.25, 0.3) is 5.91 Å². The van der Waals surface area contributed by atoms with Crippen molar-refractivity contribution in [1.82, 2.24) is 14.5 Å². The fourth-order valence-electron chi connectivity index (χ4n) is 3.82. The third-order valence-electron chi connectivity index (χ3n) is 5.74. The predicted molar refractivity (Wildman–Crippen MR) is 124 cm³/mol. The molecule has 3 rings (SSSR count). The fourth-order valence-corrected chi connectivity index (χ4v) is 5.34. The number of hydrogen-bond donors (Lipinski definition) is 1. The second-order valence-corrected chi connectivity index (χ2v) is 10.4. The molecule has 1 atom stereocenters. The molecule has 0 unspecified atom stereocenters. The summed E-state index contributed by atoms with van der Waals surface area (Å²) in [6.07, 6.45) is 0. The minimum absolute atomic E-state index is 0.0527. The number of sulfonamides is 1. The van der Waals surface area contributed by atoms with Gasteiger partial charge < -0.3 is 10.2 Å². The van der Waals surface area contributed by atoms with Crippen molar-refractivity contribution in [3.63, 3.8) is 0 Å². The number of hydrogen-bond acceptors (Lipinski definition) is 4. The van der Waals surface area contributed by atoms with Crippen LogP contribution in [-0.2, 0) is 20.6 Å². The highest BCUT2D eigenvalue weighted by Crippen LogP contribution is 2.16. The molecule has 7 nitrogen and oxygen atoms in total. The number of benzene rings is 2. The van der Waals surface area contributed by atoms with E-state index in [0.717, 1.165) is 11.1 Å². The second-order valence-electron chi connectivity index (χ2n) is 8.48. The van der Waals surface area contributed by atoms with E-state index in [4.69, 9.17) is 0 Å². The largest absolute Gasteiger partial charge is 0.340 e. The highest BCUT2D eigenvalue weighted by atomic mass is 32.2. The van der Waals surface area contributed by atoms with Gasteiger partial charge in [0.1, 0.15) is 6.04 Å². The first kappa shape index (κ1) is 23.9. The Hall–Kier alpha value is -2.71. The molecule has 2 amide bonds. The number of rotatable bonds is 7. The summed E-state index contributed by atoms with van der Waals surface area (Å²) < 4.78 is 27.0. The van der Waals surface area contributed by atoms with Crippen LogP contribution in [-0.4, -0.2) is 61.7 Å². The van der Waals surface area contributed by atoms with Gasteiger partial charge in [-0.25, -0.2) is 8.42 Å². The molecule has 2 aromatic carbocycles. The molecule has 0 spiro atoms. The zero-order chi connectivity index (χ0) is 23.3. The third-order valence-corrected chi connectivity index (χ3v) is 7.59. The average molecular weight is 458 g/mol. The first-order valence-electron chi connectivity index (χ1n) is 10.9. The lowest BCUT2D eigenvalue weighted by atomic mass is 10.0. The summed E-state index contributed by atoms with van der Waals surface area (Å²) in [7, 11) is -3.46. The van der Waals surface area contributed by atoms with Gasteiger partial charge in [0, 0.05) is 31.7 Å². The zero-order valence-corrected chi connectivity index (χ0v) is 19.6. The molecule has 0 aliphatic carbocycles. The smallest absolute Gasteiger partial charge is 0.252 e. The first-order chi connectivity index (χ1) is 15.2. The van der Waals surface area contributed by atoms with Crippen LogP contribution in [0.2, 0.25) is 0 Å². The van der Waals surface area contributed by atoms with E-state index in [0.29, 0.717) is 18.7 Å². The number of piperazine rings is 1. The number of nitrogens with one attached hydrogen (secondary N) is 1. The Morgan fingerprint density at radius 3 is 2.12 bits per heavy atom. The van der Waals surface area contributed by atoms with Crippen molar-refractivity contribution in [1.29, 1.82) is 0 Å². The highest BCUT2D eigenvalue weighted by molar-refractivity contribution is 7.88. The molecular weight excluding hydrogens is 426 g/mol. The van der Waals surface area contributed by atoms with Crippen LogP contribution in [0.1, 0.15) is 35.3 Å². The van der Waals surface area contributed by atoms with Crippen LogP contribution in [0.5, 0.6) is 0 Å². The topological polar surface area (TPSA) is 86.8 Å². The van der Waals surface area contributed by atoms with Crippen LogP contribution < -0.4 is 5.32 Å². The summed E-state index contributed by atoms with van der Waals surface area (Å²) in [4.78, 5) is 27.6. The molecular formula is C24H31N3O4S. The molecule has 1 aliphatic rings. The molecule has 1 fully saturated rings. The summed E-state index contributed by atoms with van der Waals surface area (Å²) in [5.74, 6) is -0.611. The van der Waals surface area contributed by atoms with E-state index in [-0.39, 0.29) is 36.6 Å². The normalized spacial score (nSPS) is 16.1. The van der Waals surface area contributed by atoms with Crippen molar-refractivity contribution in [2.45, 2.75) is 32.6 Å². The lowest BCUT2D eigenvalue weighted by Gasteiger charge is -2.36. The Balaban J connectivity index is 1.62. The lowest BCUT2D eigenvalue weighted by Crippen LogP contribution is -2.57. The van der Waals surface area contributed by atoms with Crippen LogP contribution in [0, 0.1) is 12.8 Å². The molecule has 8 heteroatoms. The van der Waals surface area contributed by atoms with Crippen molar-refractivity contribution in [3.8, 4) is 0 Å². The molecule has 172 valence electrons. The van der Waals surface area contributed by atoms with Crippen LogP contribution in [0.25, 0.3) is 0 Å². The second kappa shape index (κ2) is 10.3. The van der Waals surface area contributed by atoms with Gasteiger partial charge in [0.2, 0.25) is 15.9 Å². The van der Waals surface area contributed by atoms with Gasteiger partial charge in [0.15, 0.2) is 0 Å². The minimum Gasteiger partial charge on any atom is -0.340 e. The standard InChI is InChI=1S/C24H31N3O4S/c1-18(2)22(25-23(28)21-12-8-7-9-19(21)3)24(29)26-13-15-27(16-14-26)32(30,31)17-20-10-5-4-6-11-20/h4-12,18,22H,13-17H2,1-3H3,(H,25,28)/t22-/m0/s1. The molecule has 1 aliphatic heterocycles. The summed E-state index contributed by atoms with van der Waals surface area (Å²) >= 11 is 0. The van der Waals surface area contributed by atoms with Gasteiger partial charge in [0.05, 0.1) is 5.75 Å². The van der Waals surface area contributed by atoms with E-state index < -0.39 is 16.1 Å². The Bertz CT molecular complexity index is 1050. The zero-order valence-electron chi connectivity index (χ0n) is 18.8. The SMILES string of the molecule is Cc1ccccc1C(=O)N[C@H](C(=O)N1CCN(S(=O)(=O)Cc2ccccc2)CC1)C(C)C. The number of nitrogens with zero attached hydrogens (tertiary/aromatic N) is 2. The average Bonchev–Trinajstić information content (AvgIpc) is 2.77. The molecule has 32 heavy (non-hydrogen) atoms. The van der Waals surface area contributed by atoms with E-state index in [1.807, 2.05) is 51.1 Å². The van der Waals surface area contributed by atoms with Crippen molar-refractivity contribution in [3.05, 3.63) is 71.3 Å². The van der Waals surface area contributed by atoms with E-state index >= 15 is 0 Å². The van der Waals surface area contributed by atoms with Crippen LogP contribution >= 0.6 is 0 Å². The van der Waals surface area contributed by atoms with Gasteiger partial charge >= 0.3 is 0 Å². The Kier molecular flexibility index (Phi) is 7.69. The molecule has 1 N–H and O–H groups in total. The van der Waals surface area contributed by atoms with E-state index in [9.17, 15) is 18.0 Å². The van der Waals surface area contributed by atoms with Crippen LogP contribution in [0.15, 0.2) is 54.6 Å². The molecule has 0 radical (unpaired) electrons. The number of carbonyl (C=O) groups is 2. The monoisotopic (exact) mass is 457 g/mol. The molecule has 2 aromatic rings. The van der Waals surface area contributed by atoms with Crippen molar-refractivity contribution < 1.29 is 18.0 Å². The fraction of sp³-hybridized carbons (Fsp3) is 0.417. The van der Waals surface area contributed by atoms with Crippen molar-refractivity contribution in [2.24, 2.45) is 5.92 Å². The third kappa shape index (κ3) is 5.75. The Labute approximate surface area is 190 Å². The minimum atomic E-state index is -3.46. The van der Waals surface area contributed by atoms with Gasteiger partial charge in [-0.05, 0) is 30.0 Å². The summed E-state index contributed by atoms with van der Waals surface area (Å²) in [5, 5.41) is 2.88.